The van der Waals surface area contributed by atoms with Gasteiger partial charge in [-0.2, -0.15) is 0 Å². The van der Waals surface area contributed by atoms with Crippen LogP contribution < -0.4 is 14.8 Å². The highest BCUT2D eigenvalue weighted by atomic mass is 19.1. The Labute approximate surface area is 153 Å². The van der Waals surface area contributed by atoms with Crippen LogP contribution in [-0.4, -0.2) is 7.11 Å². The highest BCUT2D eigenvalue weighted by molar-refractivity contribution is 5.29. The van der Waals surface area contributed by atoms with Gasteiger partial charge in [-0.1, -0.05) is 30.3 Å². The molecule has 3 nitrogen and oxygen atoms in total. The van der Waals surface area contributed by atoms with Gasteiger partial charge >= 0.3 is 0 Å². The van der Waals surface area contributed by atoms with Crippen LogP contribution in [0, 0.1) is 5.82 Å². The van der Waals surface area contributed by atoms with Gasteiger partial charge in [0.2, 0.25) is 0 Å². The topological polar surface area (TPSA) is 35.1 Å². The zero-order valence-electron chi connectivity index (χ0n) is 14.8. The first-order chi connectivity index (χ1) is 12.7. The molecule has 0 atom stereocenters. The van der Waals surface area contributed by atoms with E-state index in [9.17, 15) is 4.39 Å². The first-order valence-electron chi connectivity index (χ1n) is 8.64. The van der Waals surface area contributed by atoms with Crippen LogP contribution in [0.5, 0.6) is 11.5 Å². The van der Waals surface area contributed by atoms with Crippen LogP contribution in [0.4, 0.5) is 4.39 Å². The number of ether oxygens (including phenoxy) is 2. The molecule has 3 rings (SSSR count). The Kier molecular flexibility index (Phi) is 6.23. The van der Waals surface area contributed by atoms with Crippen molar-refractivity contribution in [1.82, 2.24) is 0 Å². The molecule has 0 spiro atoms. The van der Waals surface area contributed by atoms with Gasteiger partial charge in [-0.25, -0.2) is 4.39 Å². The molecule has 0 saturated carbocycles. The Bertz CT molecular complexity index is 834. The van der Waals surface area contributed by atoms with Gasteiger partial charge in [0.05, 0.1) is 7.11 Å². The summed E-state index contributed by atoms with van der Waals surface area (Å²) in [4.78, 5) is 0. The van der Waals surface area contributed by atoms with E-state index in [2.05, 4.69) is 23.5 Å². The Hall–Kier alpha value is -2.85. The van der Waals surface area contributed by atoms with Crippen molar-refractivity contribution in [1.29, 1.82) is 0 Å². The number of quaternary nitrogens is 1. The molecule has 0 aromatic heterocycles. The molecule has 0 fully saturated rings. The number of methoxy groups -OCH3 is 1. The van der Waals surface area contributed by atoms with E-state index in [1.54, 1.807) is 19.2 Å². The smallest absolute Gasteiger partial charge is 0.129 e. The second-order valence-electron chi connectivity index (χ2n) is 6.07. The Morgan fingerprint density at radius 3 is 2.35 bits per heavy atom. The van der Waals surface area contributed by atoms with Gasteiger partial charge in [-0.3, -0.25) is 0 Å². The Balaban J connectivity index is 1.51. The normalized spacial score (nSPS) is 10.5. The summed E-state index contributed by atoms with van der Waals surface area (Å²) in [5.74, 6) is 1.38. The molecule has 0 amide bonds. The Morgan fingerprint density at radius 1 is 0.808 bits per heavy atom. The predicted octanol–water partition coefficient (Wildman–Crippen LogP) is 3.68. The summed E-state index contributed by atoms with van der Waals surface area (Å²) in [5.41, 5.74) is 2.98. The third kappa shape index (κ3) is 5.07. The molecule has 0 aliphatic carbocycles. The maximum absolute atomic E-state index is 13.7. The first-order valence-corrected chi connectivity index (χ1v) is 8.64. The average molecular weight is 352 g/mol. The molecule has 0 saturated heterocycles. The molecule has 26 heavy (non-hydrogen) atoms. The lowest BCUT2D eigenvalue weighted by Crippen LogP contribution is -2.80. The largest absolute Gasteiger partial charge is 0.497 e. The number of hydrogen-bond acceptors (Lipinski definition) is 2. The summed E-state index contributed by atoms with van der Waals surface area (Å²) >= 11 is 0. The fourth-order valence-corrected chi connectivity index (χ4v) is 2.71. The number of halogens is 1. The Morgan fingerprint density at radius 2 is 1.58 bits per heavy atom. The first kappa shape index (κ1) is 18.0. The van der Waals surface area contributed by atoms with Crippen LogP contribution in [0.3, 0.4) is 0 Å². The van der Waals surface area contributed by atoms with Crippen molar-refractivity contribution >= 4 is 0 Å². The average Bonchev–Trinajstić information content (AvgIpc) is 2.68. The fourth-order valence-electron chi connectivity index (χ4n) is 2.71. The summed E-state index contributed by atoms with van der Waals surface area (Å²) in [6.45, 7) is 1.97. The van der Waals surface area contributed by atoms with Gasteiger partial charge in [0, 0.05) is 16.7 Å². The van der Waals surface area contributed by atoms with E-state index in [4.69, 9.17) is 9.47 Å². The van der Waals surface area contributed by atoms with Crippen molar-refractivity contribution in [3.8, 4) is 11.5 Å². The van der Waals surface area contributed by atoms with Gasteiger partial charge in [-0.15, -0.1) is 0 Å². The molecular weight excluding hydrogens is 329 g/mol. The molecule has 3 aromatic rings. The van der Waals surface area contributed by atoms with Gasteiger partial charge in [0.25, 0.3) is 0 Å². The fraction of sp³-hybridized carbons (Fsp3) is 0.182. The van der Waals surface area contributed by atoms with Crippen molar-refractivity contribution in [2.24, 2.45) is 0 Å². The summed E-state index contributed by atoms with van der Waals surface area (Å²) in [6.07, 6.45) is 0. The zero-order valence-corrected chi connectivity index (χ0v) is 14.8. The van der Waals surface area contributed by atoms with E-state index in [-0.39, 0.29) is 12.4 Å². The SMILES string of the molecule is COc1ccc(C[NH2+]Cc2cccc(OCc3ccccc3F)c2)cc1. The van der Waals surface area contributed by atoms with Crippen molar-refractivity contribution in [2.45, 2.75) is 19.7 Å². The van der Waals surface area contributed by atoms with Gasteiger partial charge in [0.15, 0.2) is 0 Å². The molecule has 134 valence electrons. The number of nitrogens with two attached hydrogens (primary N) is 1. The van der Waals surface area contributed by atoms with Crippen molar-refractivity contribution in [2.75, 3.05) is 7.11 Å². The second kappa shape index (κ2) is 9.02. The molecule has 2 N–H and O–H groups in total. The van der Waals surface area contributed by atoms with E-state index in [0.29, 0.717) is 5.56 Å². The lowest BCUT2D eigenvalue weighted by atomic mass is 10.2. The number of rotatable bonds is 8. The van der Waals surface area contributed by atoms with Crippen molar-refractivity contribution < 1.29 is 19.2 Å². The molecule has 4 heteroatoms. The lowest BCUT2D eigenvalue weighted by Gasteiger charge is -2.09. The van der Waals surface area contributed by atoms with Crippen LogP contribution in [0.15, 0.2) is 72.8 Å². The highest BCUT2D eigenvalue weighted by Crippen LogP contribution is 2.16. The monoisotopic (exact) mass is 352 g/mol. The second-order valence-corrected chi connectivity index (χ2v) is 6.07. The molecular formula is C22H23FNO2+. The van der Waals surface area contributed by atoms with Gasteiger partial charge < -0.3 is 14.8 Å². The maximum atomic E-state index is 13.7. The molecule has 3 aromatic carbocycles. The number of hydrogen-bond donors (Lipinski definition) is 1. The standard InChI is InChI=1S/C22H22FNO2/c1-25-20-11-9-17(10-12-20)14-24-15-18-5-4-7-21(13-18)26-16-19-6-2-3-8-22(19)23/h2-13,24H,14-16H2,1H3/p+1. The van der Waals surface area contributed by atoms with E-state index >= 15 is 0 Å². The molecule has 0 radical (unpaired) electrons. The van der Waals surface area contributed by atoms with Crippen LogP contribution >= 0.6 is 0 Å². The van der Waals surface area contributed by atoms with E-state index < -0.39 is 0 Å². The molecule has 0 heterocycles. The quantitative estimate of drug-likeness (QED) is 0.671. The summed E-state index contributed by atoms with van der Waals surface area (Å²) in [7, 11) is 1.67. The number of benzene rings is 3. The van der Waals surface area contributed by atoms with E-state index in [1.807, 2.05) is 36.4 Å². The van der Waals surface area contributed by atoms with E-state index in [0.717, 1.165) is 24.6 Å². The van der Waals surface area contributed by atoms with Gasteiger partial charge in [0.1, 0.15) is 37.0 Å². The van der Waals surface area contributed by atoms with Crippen molar-refractivity contribution in [3.05, 3.63) is 95.3 Å². The third-order valence-corrected chi connectivity index (χ3v) is 4.17. The molecule has 0 unspecified atom stereocenters. The summed E-state index contributed by atoms with van der Waals surface area (Å²) in [5, 5.41) is 2.23. The van der Waals surface area contributed by atoms with Crippen molar-refractivity contribution in [3.63, 3.8) is 0 Å². The third-order valence-electron chi connectivity index (χ3n) is 4.17. The predicted molar refractivity (Wildman–Crippen MR) is 99.5 cm³/mol. The molecule has 0 bridgehead atoms. The maximum Gasteiger partial charge on any atom is 0.129 e. The molecule has 0 aliphatic heterocycles. The van der Waals surface area contributed by atoms with E-state index in [1.165, 1.54) is 17.2 Å². The minimum Gasteiger partial charge on any atom is -0.497 e. The summed E-state index contributed by atoms with van der Waals surface area (Å²) < 4.78 is 24.6. The highest BCUT2D eigenvalue weighted by Gasteiger charge is 2.04. The minimum absolute atomic E-state index is 0.228. The zero-order chi connectivity index (χ0) is 18.2. The lowest BCUT2D eigenvalue weighted by molar-refractivity contribution is -0.686. The van der Waals surface area contributed by atoms with Crippen LogP contribution in [0.25, 0.3) is 0 Å². The summed E-state index contributed by atoms with van der Waals surface area (Å²) in [6, 6.07) is 22.7. The van der Waals surface area contributed by atoms with Crippen LogP contribution in [0.2, 0.25) is 0 Å². The van der Waals surface area contributed by atoms with Crippen LogP contribution in [0.1, 0.15) is 16.7 Å². The molecule has 0 aliphatic rings. The van der Waals surface area contributed by atoms with Crippen LogP contribution in [-0.2, 0) is 19.7 Å². The van der Waals surface area contributed by atoms with Gasteiger partial charge in [-0.05, 0) is 42.5 Å². The minimum atomic E-state index is -0.239.